The number of para-hydroxylation sites is 1. The number of amides is 2. The second-order valence-corrected chi connectivity index (χ2v) is 7.10. The summed E-state index contributed by atoms with van der Waals surface area (Å²) >= 11 is 0. The molecule has 3 rings (SSSR count). The highest BCUT2D eigenvalue weighted by atomic mass is 16.5. The molecule has 1 aromatic carbocycles. The Kier molecular flexibility index (Phi) is 4.52. The predicted octanol–water partition coefficient (Wildman–Crippen LogP) is 2.49. The number of nitrogens with one attached hydrogen (secondary N) is 1. The van der Waals surface area contributed by atoms with Gasteiger partial charge in [-0.3, -0.25) is 9.59 Å². The highest BCUT2D eigenvalue weighted by molar-refractivity contribution is 6.02. The van der Waals surface area contributed by atoms with Crippen LogP contribution in [-0.2, 0) is 16.1 Å². The van der Waals surface area contributed by atoms with Gasteiger partial charge in [-0.25, -0.2) is 0 Å². The Labute approximate surface area is 143 Å². The molecule has 2 amide bonds. The van der Waals surface area contributed by atoms with Crippen LogP contribution in [0.4, 0.5) is 0 Å². The van der Waals surface area contributed by atoms with Crippen molar-refractivity contribution in [3.05, 3.63) is 29.8 Å². The zero-order valence-electron chi connectivity index (χ0n) is 14.7. The quantitative estimate of drug-likeness (QED) is 0.844. The molecule has 0 radical (unpaired) electrons. The van der Waals surface area contributed by atoms with Crippen LogP contribution in [0.2, 0.25) is 0 Å². The van der Waals surface area contributed by atoms with Crippen LogP contribution < -0.4 is 10.1 Å². The average Bonchev–Trinajstić information content (AvgIpc) is 3.09. The van der Waals surface area contributed by atoms with E-state index in [0.717, 1.165) is 37.0 Å². The molecule has 1 aliphatic carbocycles. The molecule has 2 aliphatic rings. The molecule has 5 heteroatoms. The van der Waals surface area contributed by atoms with Gasteiger partial charge in [-0.1, -0.05) is 31.0 Å². The largest absolute Gasteiger partial charge is 0.496 e. The lowest BCUT2D eigenvalue weighted by Gasteiger charge is -2.55. The molecule has 1 unspecified atom stereocenters. The molecule has 0 aromatic heterocycles. The van der Waals surface area contributed by atoms with E-state index >= 15 is 0 Å². The minimum Gasteiger partial charge on any atom is -0.496 e. The second kappa shape index (κ2) is 6.46. The van der Waals surface area contributed by atoms with Gasteiger partial charge >= 0.3 is 0 Å². The topological polar surface area (TPSA) is 58.6 Å². The zero-order chi connectivity index (χ0) is 17.3. The third-order valence-electron chi connectivity index (χ3n) is 5.41. The van der Waals surface area contributed by atoms with E-state index < -0.39 is 5.41 Å². The lowest BCUT2D eigenvalue weighted by atomic mass is 9.68. The Hall–Kier alpha value is -2.04. The van der Waals surface area contributed by atoms with Gasteiger partial charge in [0.05, 0.1) is 12.5 Å². The minimum absolute atomic E-state index is 0.0453. The lowest BCUT2D eigenvalue weighted by molar-refractivity contribution is -0.181. The fraction of sp³-hybridized carbons (Fsp3) is 0.579. The standard InChI is InChI=1S/C19H26N2O3/c1-13(2)21-16(19(18(21)23)10-6-7-11-19)17(22)20-12-14-8-4-5-9-15(14)24-3/h4-5,8-9,13,16H,6-7,10-12H2,1-3H3,(H,20,22). The van der Waals surface area contributed by atoms with Crippen LogP contribution in [0.5, 0.6) is 5.75 Å². The van der Waals surface area contributed by atoms with Gasteiger partial charge in [0.2, 0.25) is 11.8 Å². The van der Waals surface area contributed by atoms with Crippen LogP contribution in [0.25, 0.3) is 0 Å². The molecular formula is C19H26N2O3. The van der Waals surface area contributed by atoms with Gasteiger partial charge in [0.25, 0.3) is 0 Å². The first-order valence-corrected chi connectivity index (χ1v) is 8.73. The second-order valence-electron chi connectivity index (χ2n) is 7.10. The molecule has 130 valence electrons. The highest BCUT2D eigenvalue weighted by Gasteiger charge is 2.64. The molecule has 24 heavy (non-hydrogen) atoms. The molecule has 1 spiro atoms. The summed E-state index contributed by atoms with van der Waals surface area (Å²) < 4.78 is 5.33. The number of ether oxygens (including phenoxy) is 1. The number of methoxy groups -OCH3 is 1. The highest BCUT2D eigenvalue weighted by Crippen LogP contribution is 2.52. The van der Waals surface area contributed by atoms with Crippen molar-refractivity contribution in [1.82, 2.24) is 10.2 Å². The molecule has 1 aromatic rings. The lowest BCUT2D eigenvalue weighted by Crippen LogP contribution is -2.74. The van der Waals surface area contributed by atoms with Crippen molar-refractivity contribution in [1.29, 1.82) is 0 Å². The van der Waals surface area contributed by atoms with Gasteiger partial charge in [0.15, 0.2) is 0 Å². The van der Waals surface area contributed by atoms with Crippen molar-refractivity contribution in [2.45, 2.75) is 58.2 Å². The van der Waals surface area contributed by atoms with Crippen molar-refractivity contribution >= 4 is 11.8 Å². The zero-order valence-corrected chi connectivity index (χ0v) is 14.7. The van der Waals surface area contributed by atoms with E-state index in [0.29, 0.717) is 6.54 Å². The van der Waals surface area contributed by atoms with Crippen LogP contribution in [0.15, 0.2) is 24.3 Å². The average molecular weight is 330 g/mol. The van der Waals surface area contributed by atoms with Crippen molar-refractivity contribution in [3.63, 3.8) is 0 Å². The van der Waals surface area contributed by atoms with Crippen LogP contribution in [-0.4, -0.2) is 35.9 Å². The van der Waals surface area contributed by atoms with E-state index in [4.69, 9.17) is 4.74 Å². The van der Waals surface area contributed by atoms with E-state index in [1.165, 1.54) is 0 Å². The summed E-state index contributed by atoms with van der Waals surface area (Å²) in [6.07, 6.45) is 3.74. The van der Waals surface area contributed by atoms with Gasteiger partial charge in [0.1, 0.15) is 11.8 Å². The number of carbonyl (C=O) groups is 2. The molecular weight excluding hydrogens is 304 g/mol. The number of hydrogen-bond acceptors (Lipinski definition) is 3. The number of rotatable bonds is 5. The maximum Gasteiger partial charge on any atom is 0.244 e. The third-order valence-corrected chi connectivity index (χ3v) is 5.41. The van der Waals surface area contributed by atoms with E-state index in [1.54, 1.807) is 12.0 Å². The van der Waals surface area contributed by atoms with Crippen molar-refractivity contribution in [3.8, 4) is 5.75 Å². The molecule has 5 nitrogen and oxygen atoms in total. The number of β-lactam (4-membered cyclic amide) rings is 1. The number of likely N-dealkylation sites (tertiary alicyclic amines) is 1. The van der Waals surface area contributed by atoms with Gasteiger partial charge < -0.3 is 15.0 Å². The summed E-state index contributed by atoms with van der Waals surface area (Å²) in [5.74, 6) is 0.877. The van der Waals surface area contributed by atoms with Crippen LogP contribution >= 0.6 is 0 Å². The maximum atomic E-state index is 12.9. The Morgan fingerprint density at radius 3 is 2.62 bits per heavy atom. The summed E-state index contributed by atoms with van der Waals surface area (Å²) in [4.78, 5) is 27.3. The molecule has 0 bridgehead atoms. The fourth-order valence-electron chi connectivity index (χ4n) is 4.22. The molecule has 2 fully saturated rings. The van der Waals surface area contributed by atoms with Crippen molar-refractivity contribution in [2.75, 3.05) is 7.11 Å². The van der Waals surface area contributed by atoms with Crippen LogP contribution in [0.3, 0.4) is 0 Å². The van der Waals surface area contributed by atoms with E-state index in [2.05, 4.69) is 5.32 Å². The van der Waals surface area contributed by atoms with Crippen molar-refractivity contribution < 1.29 is 14.3 Å². The van der Waals surface area contributed by atoms with E-state index in [9.17, 15) is 9.59 Å². The molecule has 1 saturated heterocycles. The molecule has 1 aliphatic heterocycles. The first-order chi connectivity index (χ1) is 11.5. The van der Waals surface area contributed by atoms with Crippen LogP contribution in [0.1, 0.15) is 45.1 Å². The van der Waals surface area contributed by atoms with Gasteiger partial charge in [-0.2, -0.15) is 0 Å². The third kappa shape index (κ3) is 2.56. The summed E-state index contributed by atoms with van der Waals surface area (Å²) in [5.41, 5.74) is 0.491. The van der Waals surface area contributed by atoms with Crippen molar-refractivity contribution in [2.24, 2.45) is 5.41 Å². The molecule has 1 N–H and O–H groups in total. The Morgan fingerprint density at radius 2 is 2.00 bits per heavy atom. The summed E-state index contributed by atoms with van der Waals surface area (Å²) in [6, 6.07) is 7.37. The molecule has 1 heterocycles. The Morgan fingerprint density at radius 1 is 1.33 bits per heavy atom. The fourth-order valence-corrected chi connectivity index (χ4v) is 4.22. The monoisotopic (exact) mass is 330 g/mol. The normalized spacial score (nSPS) is 21.9. The Balaban J connectivity index is 1.74. The summed E-state index contributed by atoms with van der Waals surface area (Å²) in [6.45, 7) is 4.36. The smallest absolute Gasteiger partial charge is 0.244 e. The first-order valence-electron chi connectivity index (χ1n) is 8.73. The SMILES string of the molecule is COc1ccccc1CNC(=O)C1N(C(C)C)C(=O)C12CCCC2. The van der Waals surface area contributed by atoms with Gasteiger partial charge in [-0.15, -0.1) is 0 Å². The van der Waals surface area contributed by atoms with E-state index in [1.807, 2.05) is 38.1 Å². The number of hydrogen-bond donors (Lipinski definition) is 1. The number of carbonyl (C=O) groups excluding carboxylic acids is 2. The van der Waals surface area contributed by atoms with Gasteiger partial charge in [0, 0.05) is 18.2 Å². The van der Waals surface area contributed by atoms with Gasteiger partial charge in [-0.05, 0) is 32.8 Å². The van der Waals surface area contributed by atoms with E-state index in [-0.39, 0.29) is 23.9 Å². The molecule has 1 saturated carbocycles. The van der Waals surface area contributed by atoms with Crippen LogP contribution in [0, 0.1) is 5.41 Å². The minimum atomic E-state index is -0.449. The predicted molar refractivity (Wildman–Crippen MR) is 91.5 cm³/mol. The Bertz CT molecular complexity index is 635. The summed E-state index contributed by atoms with van der Waals surface area (Å²) in [7, 11) is 1.62. The summed E-state index contributed by atoms with van der Waals surface area (Å²) in [5, 5.41) is 3.02. The first kappa shape index (κ1) is 16.8. The number of nitrogens with zero attached hydrogens (tertiary/aromatic N) is 1. The number of benzene rings is 1. The molecule has 1 atom stereocenters. The maximum absolute atomic E-state index is 12.9.